The summed E-state index contributed by atoms with van der Waals surface area (Å²) < 4.78 is 10.7. The zero-order valence-corrected chi connectivity index (χ0v) is 18.1. The van der Waals surface area contributed by atoms with E-state index in [1.54, 1.807) is 30.9 Å². The van der Waals surface area contributed by atoms with Crippen LogP contribution >= 0.6 is 11.8 Å². The molecule has 0 aliphatic carbocycles. The summed E-state index contributed by atoms with van der Waals surface area (Å²) in [5.41, 5.74) is 0.933. The van der Waals surface area contributed by atoms with Crippen molar-refractivity contribution in [2.45, 2.75) is 57.4 Å². The third kappa shape index (κ3) is 5.34. The van der Waals surface area contributed by atoms with Crippen molar-refractivity contribution in [3.05, 3.63) is 23.8 Å². The molecule has 1 N–H and O–H groups in total. The number of carbonyl (C=O) groups excluding carboxylic acids is 2. The maximum Gasteiger partial charge on any atom is 0.243 e. The summed E-state index contributed by atoms with van der Waals surface area (Å²) in [7, 11) is 3.18. The molecule has 0 spiro atoms. The van der Waals surface area contributed by atoms with Crippen molar-refractivity contribution < 1.29 is 19.1 Å². The van der Waals surface area contributed by atoms with Crippen LogP contribution in [0, 0.1) is 0 Å². The van der Waals surface area contributed by atoms with Crippen molar-refractivity contribution in [2.24, 2.45) is 0 Å². The predicted octanol–water partition coefficient (Wildman–Crippen LogP) is 3.75. The second kappa shape index (κ2) is 11.2. The molecular weight excluding hydrogens is 376 g/mol. The molecule has 1 heterocycles. The molecule has 28 heavy (non-hydrogen) atoms. The summed E-state index contributed by atoms with van der Waals surface area (Å²) in [6, 6.07) is 5.21. The molecule has 2 amide bonds. The Bertz CT molecular complexity index is 668. The first-order valence-corrected chi connectivity index (χ1v) is 11.0. The Morgan fingerprint density at radius 1 is 1.14 bits per heavy atom. The Kier molecular flexibility index (Phi) is 8.96. The Morgan fingerprint density at radius 3 is 2.54 bits per heavy atom. The molecule has 156 valence electrons. The van der Waals surface area contributed by atoms with Crippen LogP contribution in [0.15, 0.2) is 18.2 Å². The van der Waals surface area contributed by atoms with Crippen LogP contribution in [0.3, 0.4) is 0 Å². The van der Waals surface area contributed by atoms with Crippen molar-refractivity contribution in [3.8, 4) is 11.5 Å². The lowest BCUT2D eigenvalue weighted by molar-refractivity contribution is -0.139. The normalized spacial score (nSPS) is 18.8. The molecule has 1 aliphatic rings. The van der Waals surface area contributed by atoms with Gasteiger partial charge in [-0.1, -0.05) is 39.2 Å². The van der Waals surface area contributed by atoms with Gasteiger partial charge in [-0.05, 0) is 24.1 Å². The fourth-order valence-electron chi connectivity index (χ4n) is 3.34. The topological polar surface area (TPSA) is 67.9 Å². The zero-order chi connectivity index (χ0) is 20.5. The van der Waals surface area contributed by atoms with E-state index in [9.17, 15) is 9.59 Å². The van der Waals surface area contributed by atoms with E-state index >= 15 is 0 Å². The number of ether oxygens (including phenoxy) is 2. The number of unbranched alkanes of at least 4 members (excludes halogenated alkanes) is 3. The molecule has 1 aromatic carbocycles. The molecule has 1 aliphatic heterocycles. The first kappa shape index (κ1) is 22.4. The monoisotopic (exact) mass is 408 g/mol. The van der Waals surface area contributed by atoms with Gasteiger partial charge < -0.3 is 19.7 Å². The van der Waals surface area contributed by atoms with Crippen LogP contribution in [0.4, 0.5) is 0 Å². The minimum absolute atomic E-state index is 0.0177. The highest BCUT2D eigenvalue weighted by Crippen LogP contribution is 2.44. The molecule has 1 fully saturated rings. The number of hydrogen-bond donors (Lipinski definition) is 1. The van der Waals surface area contributed by atoms with Gasteiger partial charge in [0.25, 0.3) is 0 Å². The number of carbonyl (C=O) groups is 2. The van der Waals surface area contributed by atoms with Gasteiger partial charge in [-0.15, -0.1) is 11.8 Å². The minimum Gasteiger partial charge on any atom is -0.493 e. The number of benzene rings is 1. The van der Waals surface area contributed by atoms with Gasteiger partial charge in [0.05, 0.1) is 14.2 Å². The van der Waals surface area contributed by atoms with Crippen LogP contribution in [0.2, 0.25) is 0 Å². The Labute approximate surface area is 172 Å². The van der Waals surface area contributed by atoms with Gasteiger partial charge in [0.2, 0.25) is 11.8 Å². The third-order valence-electron chi connectivity index (χ3n) is 4.92. The van der Waals surface area contributed by atoms with Crippen molar-refractivity contribution in [1.82, 2.24) is 10.2 Å². The smallest absolute Gasteiger partial charge is 0.243 e. The lowest BCUT2D eigenvalue weighted by Crippen LogP contribution is -2.48. The molecule has 1 aromatic rings. The maximum atomic E-state index is 12.7. The van der Waals surface area contributed by atoms with Crippen molar-refractivity contribution in [3.63, 3.8) is 0 Å². The molecule has 0 unspecified atom stereocenters. The summed E-state index contributed by atoms with van der Waals surface area (Å²) in [5.74, 6) is 1.77. The van der Waals surface area contributed by atoms with E-state index in [4.69, 9.17) is 9.47 Å². The fourth-order valence-corrected chi connectivity index (χ4v) is 4.78. The van der Waals surface area contributed by atoms with Crippen LogP contribution in [0.1, 0.15) is 56.9 Å². The van der Waals surface area contributed by atoms with Crippen molar-refractivity contribution in [1.29, 1.82) is 0 Å². The van der Waals surface area contributed by atoms with Crippen LogP contribution in [-0.4, -0.2) is 49.3 Å². The average Bonchev–Trinajstić information content (AvgIpc) is 3.17. The van der Waals surface area contributed by atoms with Crippen LogP contribution in [0.5, 0.6) is 11.5 Å². The first-order chi connectivity index (χ1) is 13.6. The molecule has 0 radical (unpaired) electrons. The van der Waals surface area contributed by atoms with E-state index in [0.717, 1.165) is 18.4 Å². The third-order valence-corrected chi connectivity index (χ3v) is 6.24. The second-order valence-corrected chi connectivity index (χ2v) is 7.94. The number of nitrogens with one attached hydrogen (secondary N) is 1. The van der Waals surface area contributed by atoms with E-state index < -0.39 is 6.04 Å². The molecule has 1 saturated heterocycles. The Hall–Kier alpha value is -1.89. The number of hydrogen-bond acceptors (Lipinski definition) is 5. The van der Waals surface area contributed by atoms with Gasteiger partial charge in [-0.3, -0.25) is 9.59 Å². The van der Waals surface area contributed by atoms with Gasteiger partial charge in [-0.2, -0.15) is 0 Å². The van der Waals surface area contributed by atoms with Crippen LogP contribution < -0.4 is 14.8 Å². The number of thioether (sulfide) groups is 1. The summed E-state index contributed by atoms with van der Waals surface area (Å²) >= 11 is 1.61. The average molecular weight is 409 g/mol. The van der Waals surface area contributed by atoms with Crippen molar-refractivity contribution >= 4 is 23.6 Å². The highest BCUT2D eigenvalue weighted by molar-refractivity contribution is 7.99. The lowest BCUT2D eigenvalue weighted by atomic mass is 10.1. The zero-order valence-electron chi connectivity index (χ0n) is 17.3. The van der Waals surface area contributed by atoms with E-state index in [-0.39, 0.29) is 17.2 Å². The summed E-state index contributed by atoms with van der Waals surface area (Å²) in [6.07, 6.45) is 4.79. The number of methoxy groups -OCH3 is 2. The molecule has 0 aromatic heterocycles. The molecular formula is C21H32N2O4S. The number of amides is 2. The molecule has 2 rings (SSSR count). The van der Waals surface area contributed by atoms with E-state index in [1.165, 1.54) is 12.8 Å². The van der Waals surface area contributed by atoms with Gasteiger partial charge in [0, 0.05) is 18.7 Å². The van der Waals surface area contributed by atoms with Crippen LogP contribution in [-0.2, 0) is 9.59 Å². The van der Waals surface area contributed by atoms with E-state index in [0.29, 0.717) is 30.2 Å². The maximum absolute atomic E-state index is 12.7. The van der Waals surface area contributed by atoms with Crippen LogP contribution in [0.25, 0.3) is 0 Å². The number of rotatable bonds is 10. The summed E-state index contributed by atoms with van der Waals surface area (Å²) in [5, 5.41) is 2.81. The van der Waals surface area contributed by atoms with Crippen molar-refractivity contribution in [2.75, 3.05) is 26.5 Å². The SMILES string of the molecule is CCCCCCNC(=O)[C@@H]1CS[C@H](c2ccc(OC)c(OC)c2)N1C(=O)CC. The standard InChI is InChI=1S/C21H32N2O4S/c1-5-7-8-9-12-22-20(25)16-14-28-21(23(16)19(24)6-2)15-10-11-17(26-3)18(13-15)27-4/h10-11,13,16,21H,5-9,12,14H2,1-4H3,(H,22,25)/t16-,21+/m0/s1. The molecule has 7 heteroatoms. The fraction of sp³-hybridized carbons (Fsp3) is 0.619. The van der Waals surface area contributed by atoms with E-state index in [1.807, 2.05) is 25.1 Å². The minimum atomic E-state index is -0.443. The van der Waals surface area contributed by atoms with Gasteiger partial charge in [-0.25, -0.2) is 0 Å². The quantitative estimate of drug-likeness (QED) is 0.597. The molecule has 6 nitrogen and oxygen atoms in total. The number of nitrogens with zero attached hydrogens (tertiary/aromatic N) is 1. The highest BCUT2D eigenvalue weighted by Gasteiger charge is 2.41. The van der Waals surface area contributed by atoms with E-state index in [2.05, 4.69) is 12.2 Å². The lowest BCUT2D eigenvalue weighted by Gasteiger charge is -2.29. The second-order valence-electron chi connectivity index (χ2n) is 6.82. The van der Waals surface area contributed by atoms with Gasteiger partial charge >= 0.3 is 0 Å². The van der Waals surface area contributed by atoms with Gasteiger partial charge in [0.1, 0.15) is 11.4 Å². The Balaban J connectivity index is 2.14. The molecule has 0 bridgehead atoms. The summed E-state index contributed by atoms with van der Waals surface area (Å²) in [4.78, 5) is 27.2. The Morgan fingerprint density at radius 2 is 1.89 bits per heavy atom. The van der Waals surface area contributed by atoms with Gasteiger partial charge in [0.15, 0.2) is 11.5 Å². The summed E-state index contributed by atoms with van der Waals surface area (Å²) in [6.45, 7) is 4.66. The first-order valence-electron chi connectivity index (χ1n) is 9.99. The highest BCUT2D eigenvalue weighted by atomic mass is 32.2. The predicted molar refractivity (Wildman–Crippen MR) is 113 cm³/mol. The molecule has 0 saturated carbocycles. The largest absolute Gasteiger partial charge is 0.493 e. The molecule has 2 atom stereocenters.